The highest BCUT2D eigenvalue weighted by molar-refractivity contribution is 6.30. The van der Waals surface area contributed by atoms with E-state index in [4.69, 9.17) is 17.3 Å². The highest BCUT2D eigenvalue weighted by Gasteiger charge is 2.05. The number of aromatic nitrogens is 2. The van der Waals surface area contributed by atoms with Crippen molar-refractivity contribution < 1.29 is 0 Å². The maximum atomic E-state index is 5.90. The zero-order valence-electron chi connectivity index (χ0n) is 8.44. The largest absolute Gasteiger partial charge is 0.325 e. The third-order valence-corrected chi connectivity index (χ3v) is 2.58. The van der Waals surface area contributed by atoms with E-state index in [1.807, 2.05) is 29.7 Å². The monoisotopic (exact) mass is 221 g/mol. The first-order valence-electron chi connectivity index (χ1n) is 4.70. The van der Waals surface area contributed by atoms with E-state index in [1.165, 1.54) is 0 Å². The highest BCUT2D eigenvalue weighted by atomic mass is 35.5. The summed E-state index contributed by atoms with van der Waals surface area (Å²) in [6.07, 6.45) is 3.53. The molecule has 0 atom stereocenters. The Morgan fingerprint density at radius 2 is 2.27 bits per heavy atom. The van der Waals surface area contributed by atoms with Crippen LogP contribution in [0.4, 0.5) is 0 Å². The summed E-state index contributed by atoms with van der Waals surface area (Å²) < 4.78 is 1.98. The van der Waals surface area contributed by atoms with Crippen LogP contribution in [0.25, 0.3) is 5.69 Å². The van der Waals surface area contributed by atoms with Crippen molar-refractivity contribution in [2.75, 3.05) is 0 Å². The molecule has 1 heterocycles. The Hall–Kier alpha value is -1.32. The minimum absolute atomic E-state index is 0.474. The summed E-state index contributed by atoms with van der Waals surface area (Å²) in [6.45, 7) is 2.49. The lowest BCUT2D eigenvalue weighted by Gasteiger charge is -2.09. The van der Waals surface area contributed by atoms with Crippen LogP contribution in [0.15, 0.2) is 30.7 Å². The summed E-state index contributed by atoms with van der Waals surface area (Å²) in [5.41, 5.74) is 8.79. The molecule has 0 unspecified atom stereocenters. The van der Waals surface area contributed by atoms with Gasteiger partial charge >= 0.3 is 0 Å². The van der Waals surface area contributed by atoms with Crippen LogP contribution in [0, 0.1) is 6.92 Å². The van der Waals surface area contributed by atoms with Crippen LogP contribution in [0.1, 0.15) is 11.3 Å². The quantitative estimate of drug-likeness (QED) is 0.846. The van der Waals surface area contributed by atoms with Crippen LogP contribution in [0.3, 0.4) is 0 Å². The molecular weight excluding hydrogens is 210 g/mol. The summed E-state index contributed by atoms with van der Waals surface area (Å²) in [6, 6.07) is 5.76. The van der Waals surface area contributed by atoms with Crippen LogP contribution < -0.4 is 5.73 Å². The molecular formula is C11H12ClN3. The number of nitrogens with two attached hydrogens (primary N) is 1. The topological polar surface area (TPSA) is 43.8 Å². The van der Waals surface area contributed by atoms with Crippen molar-refractivity contribution in [2.45, 2.75) is 13.5 Å². The number of hydrogen-bond donors (Lipinski definition) is 1. The average molecular weight is 222 g/mol. The fourth-order valence-corrected chi connectivity index (χ4v) is 1.81. The Balaban J connectivity index is 2.54. The second-order valence-electron chi connectivity index (χ2n) is 3.39. The van der Waals surface area contributed by atoms with Crippen LogP contribution >= 0.6 is 11.6 Å². The van der Waals surface area contributed by atoms with E-state index in [-0.39, 0.29) is 0 Å². The van der Waals surface area contributed by atoms with Crippen LogP contribution in [-0.4, -0.2) is 9.55 Å². The molecule has 4 heteroatoms. The first kappa shape index (κ1) is 10.2. The summed E-state index contributed by atoms with van der Waals surface area (Å²) >= 11 is 5.90. The van der Waals surface area contributed by atoms with Crippen LogP contribution in [-0.2, 0) is 6.54 Å². The van der Waals surface area contributed by atoms with E-state index >= 15 is 0 Å². The van der Waals surface area contributed by atoms with Gasteiger partial charge in [-0.25, -0.2) is 4.98 Å². The van der Waals surface area contributed by atoms with Gasteiger partial charge in [0.05, 0.1) is 12.0 Å². The maximum absolute atomic E-state index is 5.90. The number of halogens is 1. The predicted molar refractivity (Wildman–Crippen MR) is 61.2 cm³/mol. The normalized spacial score (nSPS) is 10.6. The van der Waals surface area contributed by atoms with Gasteiger partial charge in [0.15, 0.2) is 0 Å². The van der Waals surface area contributed by atoms with E-state index in [0.29, 0.717) is 6.54 Å². The molecule has 0 saturated heterocycles. The standard InChI is InChI=1S/C11H12ClN3/c1-8-4-9(12)2-3-11(8)15-7-14-6-10(15)5-13/h2-4,6-7H,5,13H2,1H3. The molecule has 0 aliphatic heterocycles. The molecule has 0 fully saturated rings. The summed E-state index contributed by atoms with van der Waals surface area (Å²) in [7, 11) is 0. The lowest BCUT2D eigenvalue weighted by molar-refractivity contribution is 0.904. The van der Waals surface area contributed by atoms with Gasteiger partial charge in [-0.15, -0.1) is 0 Å². The number of aryl methyl sites for hydroxylation is 1. The van der Waals surface area contributed by atoms with E-state index in [0.717, 1.165) is 22.0 Å². The third-order valence-electron chi connectivity index (χ3n) is 2.34. The molecule has 0 aliphatic carbocycles. The van der Waals surface area contributed by atoms with Crippen molar-refractivity contribution in [3.63, 3.8) is 0 Å². The Bertz CT molecular complexity index is 476. The summed E-state index contributed by atoms with van der Waals surface area (Å²) in [5, 5.41) is 0.741. The molecule has 2 rings (SSSR count). The predicted octanol–water partition coefficient (Wildman–Crippen LogP) is 2.29. The number of imidazole rings is 1. The minimum Gasteiger partial charge on any atom is -0.325 e. The van der Waals surface area contributed by atoms with Crippen LogP contribution in [0.5, 0.6) is 0 Å². The lowest BCUT2D eigenvalue weighted by Crippen LogP contribution is -2.05. The van der Waals surface area contributed by atoms with Crippen molar-refractivity contribution in [1.82, 2.24) is 9.55 Å². The van der Waals surface area contributed by atoms with Crippen molar-refractivity contribution >= 4 is 11.6 Å². The van der Waals surface area contributed by atoms with Crippen molar-refractivity contribution in [2.24, 2.45) is 5.73 Å². The van der Waals surface area contributed by atoms with Gasteiger partial charge in [-0.1, -0.05) is 11.6 Å². The van der Waals surface area contributed by atoms with Gasteiger partial charge in [-0.3, -0.25) is 0 Å². The van der Waals surface area contributed by atoms with Crippen molar-refractivity contribution in [3.8, 4) is 5.69 Å². The molecule has 0 bridgehead atoms. The van der Waals surface area contributed by atoms with Crippen molar-refractivity contribution in [3.05, 3.63) is 47.0 Å². The molecule has 0 saturated carbocycles. The van der Waals surface area contributed by atoms with Gasteiger partial charge in [0.25, 0.3) is 0 Å². The molecule has 2 aromatic rings. The fourth-order valence-electron chi connectivity index (χ4n) is 1.58. The molecule has 0 aliphatic rings. The Morgan fingerprint density at radius 1 is 1.47 bits per heavy atom. The average Bonchev–Trinajstić information content (AvgIpc) is 2.65. The second kappa shape index (κ2) is 4.04. The van der Waals surface area contributed by atoms with Gasteiger partial charge in [0.2, 0.25) is 0 Å². The molecule has 15 heavy (non-hydrogen) atoms. The lowest BCUT2D eigenvalue weighted by atomic mass is 10.2. The van der Waals surface area contributed by atoms with Crippen LogP contribution in [0.2, 0.25) is 5.02 Å². The Morgan fingerprint density at radius 3 is 2.93 bits per heavy atom. The maximum Gasteiger partial charge on any atom is 0.0994 e. The van der Waals surface area contributed by atoms with Gasteiger partial charge < -0.3 is 10.3 Å². The zero-order valence-corrected chi connectivity index (χ0v) is 9.20. The summed E-state index contributed by atoms with van der Waals surface area (Å²) in [4.78, 5) is 4.08. The SMILES string of the molecule is Cc1cc(Cl)ccc1-n1cncc1CN. The van der Waals surface area contributed by atoms with Gasteiger partial charge in [-0.2, -0.15) is 0 Å². The first-order valence-corrected chi connectivity index (χ1v) is 5.08. The molecule has 78 valence electrons. The van der Waals surface area contributed by atoms with E-state index < -0.39 is 0 Å². The Kier molecular flexibility index (Phi) is 2.75. The fraction of sp³-hybridized carbons (Fsp3) is 0.182. The molecule has 0 amide bonds. The molecule has 1 aromatic carbocycles. The molecule has 3 nitrogen and oxygen atoms in total. The number of benzene rings is 1. The first-order chi connectivity index (χ1) is 7.22. The van der Waals surface area contributed by atoms with Gasteiger partial charge in [0.1, 0.15) is 0 Å². The smallest absolute Gasteiger partial charge is 0.0994 e. The van der Waals surface area contributed by atoms with Crippen molar-refractivity contribution in [1.29, 1.82) is 0 Å². The van der Waals surface area contributed by atoms with E-state index in [1.54, 1.807) is 12.5 Å². The third kappa shape index (κ3) is 1.89. The zero-order chi connectivity index (χ0) is 10.8. The van der Waals surface area contributed by atoms with Gasteiger partial charge in [-0.05, 0) is 30.7 Å². The number of rotatable bonds is 2. The summed E-state index contributed by atoms with van der Waals surface area (Å²) in [5.74, 6) is 0. The van der Waals surface area contributed by atoms with Gasteiger partial charge in [0, 0.05) is 23.5 Å². The molecule has 0 radical (unpaired) electrons. The number of nitrogens with zero attached hydrogens (tertiary/aromatic N) is 2. The molecule has 0 spiro atoms. The number of hydrogen-bond acceptors (Lipinski definition) is 2. The van der Waals surface area contributed by atoms with E-state index in [2.05, 4.69) is 4.98 Å². The molecule has 2 N–H and O–H groups in total. The minimum atomic E-state index is 0.474. The second-order valence-corrected chi connectivity index (χ2v) is 3.83. The highest BCUT2D eigenvalue weighted by Crippen LogP contribution is 2.20. The molecule has 1 aromatic heterocycles. The Labute approximate surface area is 93.5 Å². The van der Waals surface area contributed by atoms with E-state index in [9.17, 15) is 0 Å².